The minimum absolute atomic E-state index is 0.744. The van der Waals surface area contributed by atoms with Crippen molar-refractivity contribution in [1.29, 1.82) is 0 Å². The second kappa shape index (κ2) is 5.18. The van der Waals surface area contributed by atoms with Crippen molar-refractivity contribution < 1.29 is 5.11 Å². The quantitative estimate of drug-likeness (QED) is 0.519. The lowest BCUT2D eigenvalue weighted by Gasteiger charge is -2.19. The van der Waals surface area contributed by atoms with Gasteiger partial charge in [-0.15, -0.1) is 0 Å². The number of aliphatic hydroxyl groups is 1. The maximum Gasteiger partial charge on any atom is 0.125 e. The Hall–Kier alpha value is -1.26. The van der Waals surface area contributed by atoms with Crippen molar-refractivity contribution in [2.75, 3.05) is 0 Å². The van der Waals surface area contributed by atoms with Crippen molar-refractivity contribution in [3.8, 4) is 11.8 Å². The molecule has 0 spiro atoms. The number of benzene rings is 1. The summed E-state index contributed by atoms with van der Waals surface area (Å²) in [6.07, 6.45) is 6.31. The minimum atomic E-state index is -0.744. The lowest BCUT2D eigenvalue weighted by atomic mass is 9.95. The van der Waals surface area contributed by atoms with Crippen LogP contribution in [0.4, 0.5) is 0 Å². The van der Waals surface area contributed by atoms with E-state index in [-0.39, 0.29) is 0 Å². The van der Waals surface area contributed by atoms with Crippen LogP contribution in [0.2, 0.25) is 0 Å². The van der Waals surface area contributed by atoms with Gasteiger partial charge in [0.1, 0.15) is 5.60 Å². The van der Waals surface area contributed by atoms with E-state index in [4.69, 9.17) is 0 Å². The fourth-order valence-corrected chi connectivity index (χ4v) is 2.15. The van der Waals surface area contributed by atoms with Gasteiger partial charge >= 0.3 is 0 Å². The first kappa shape index (κ1) is 11.2. The first-order valence-corrected chi connectivity index (χ1v) is 6.09. The van der Waals surface area contributed by atoms with Crippen LogP contribution in [-0.2, 0) is 0 Å². The highest BCUT2D eigenvalue weighted by Crippen LogP contribution is 2.26. The molecule has 0 radical (unpaired) electrons. The van der Waals surface area contributed by atoms with Crippen LogP contribution >= 0.6 is 0 Å². The van der Waals surface area contributed by atoms with E-state index in [1.54, 1.807) is 0 Å². The Morgan fingerprint density at radius 2 is 1.56 bits per heavy atom. The van der Waals surface area contributed by atoms with E-state index >= 15 is 0 Å². The second-order valence-corrected chi connectivity index (χ2v) is 4.56. The van der Waals surface area contributed by atoms with Gasteiger partial charge in [-0.3, -0.25) is 0 Å². The number of hydrogen-bond donors (Lipinski definition) is 1. The minimum Gasteiger partial charge on any atom is -0.378 e. The summed E-state index contributed by atoms with van der Waals surface area (Å²) in [6.45, 7) is 0. The maximum absolute atomic E-state index is 10.3. The van der Waals surface area contributed by atoms with Gasteiger partial charge in [0.15, 0.2) is 0 Å². The Balaban J connectivity index is 2.10. The second-order valence-electron chi connectivity index (χ2n) is 4.56. The fourth-order valence-electron chi connectivity index (χ4n) is 2.15. The third-order valence-corrected chi connectivity index (χ3v) is 3.14. The molecule has 1 saturated carbocycles. The highest BCUT2D eigenvalue weighted by molar-refractivity contribution is 5.35. The Morgan fingerprint density at radius 3 is 2.19 bits per heavy atom. The van der Waals surface area contributed by atoms with E-state index in [9.17, 15) is 5.11 Å². The summed E-state index contributed by atoms with van der Waals surface area (Å²) >= 11 is 0. The van der Waals surface area contributed by atoms with E-state index in [0.717, 1.165) is 31.2 Å². The van der Waals surface area contributed by atoms with Gasteiger partial charge in [-0.05, 0) is 37.8 Å². The van der Waals surface area contributed by atoms with Gasteiger partial charge in [0, 0.05) is 5.56 Å². The molecule has 16 heavy (non-hydrogen) atoms. The zero-order valence-electron chi connectivity index (χ0n) is 9.58. The van der Waals surface area contributed by atoms with E-state index in [0.29, 0.717) is 0 Å². The van der Waals surface area contributed by atoms with Crippen molar-refractivity contribution in [2.24, 2.45) is 0 Å². The third kappa shape index (κ3) is 3.12. The van der Waals surface area contributed by atoms with Crippen molar-refractivity contribution >= 4 is 0 Å². The molecule has 0 amide bonds. The molecule has 1 aliphatic rings. The molecule has 84 valence electrons. The lowest BCUT2D eigenvalue weighted by molar-refractivity contribution is 0.0849. The molecule has 0 atom stereocenters. The highest BCUT2D eigenvalue weighted by Gasteiger charge is 2.25. The first-order valence-electron chi connectivity index (χ1n) is 6.09. The Kier molecular flexibility index (Phi) is 3.64. The van der Waals surface area contributed by atoms with E-state index < -0.39 is 5.60 Å². The maximum atomic E-state index is 10.3. The molecule has 1 N–H and O–H groups in total. The third-order valence-electron chi connectivity index (χ3n) is 3.14. The van der Waals surface area contributed by atoms with Gasteiger partial charge in [-0.25, -0.2) is 0 Å². The first-order chi connectivity index (χ1) is 7.79. The van der Waals surface area contributed by atoms with Crippen molar-refractivity contribution in [1.82, 2.24) is 0 Å². The van der Waals surface area contributed by atoms with Gasteiger partial charge in [0.05, 0.1) is 0 Å². The molecule has 0 bridgehead atoms. The molecule has 2 rings (SSSR count). The average molecular weight is 214 g/mol. The highest BCUT2D eigenvalue weighted by atomic mass is 16.3. The summed E-state index contributed by atoms with van der Waals surface area (Å²) in [5.41, 5.74) is 0.243. The largest absolute Gasteiger partial charge is 0.378 e. The predicted molar refractivity (Wildman–Crippen MR) is 66.0 cm³/mol. The normalized spacial score (nSPS) is 19.3. The monoisotopic (exact) mass is 214 g/mol. The average Bonchev–Trinajstić information content (AvgIpc) is 2.54. The summed E-state index contributed by atoms with van der Waals surface area (Å²) in [6, 6.07) is 9.88. The Bertz CT molecular complexity index is 375. The molecular weight excluding hydrogens is 196 g/mol. The van der Waals surface area contributed by atoms with Crippen molar-refractivity contribution in [3.05, 3.63) is 35.9 Å². The van der Waals surface area contributed by atoms with Crippen LogP contribution in [0.5, 0.6) is 0 Å². The summed E-state index contributed by atoms with van der Waals surface area (Å²) in [4.78, 5) is 0. The van der Waals surface area contributed by atoms with Crippen LogP contribution < -0.4 is 0 Å². The molecule has 1 heteroatoms. The van der Waals surface area contributed by atoms with Gasteiger partial charge in [0.25, 0.3) is 0 Å². The fraction of sp³-hybridized carbons (Fsp3) is 0.467. The molecule has 1 aliphatic carbocycles. The zero-order valence-corrected chi connectivity index (χ0v) is 9.58. The van der Waals surface area contributed by atoms with Crippen LogP contribution in [0.15, 0.2) is 30.3 Å². The van der Waals surface area contributed by atoms with Gasteiger partial charge < -0.3 is 5.11 Å². The molecule has 0 heterocycles. The standard InChI is InChI=1S/C15H18O/c16-15(11-6-1-2-7-12-15)13-10-14-8-4-3-5-9-14/h3-5,8-9,16H,1-2,6-7,11-12H2. The van der Waals surface area contributed by atoms with E-state index in [2.05, 4.69) is 11.8 Å². The number of hydrogen-bond acceptors (Lipinski definition) is 1. The molecule has 1 fully saturated rings. The smallest absolute Gasteiger partial charge is 0.125 e. The summed E-state index contributed by atoms with van der Waals surface area (Å²) < 4.78 is 0. The summed E-state index contributed by atoms with van der Waals surface area (Å²) in [5, 5.41) is 10.3. The molecule has 1 nitrogen and oxygen atoms in total. The topological polar surface area (TPSA) is 20.2 Å². The lowest BCUT2D eigenvalue weighted by Crippen LogP contribution is -2.25. The molecule has 0 aliphatic heterocycles. The van der Waals surface area contributed by atoms with Gasteiger partial charge in [-0.1, -0.05) is 42.9 Å². The number of rotatable bonds is 0. The van der Waals surface area contributed by atoms with Crippen LogP contribution in [0.25, 0.3) is 0 Å². The van der Waals surface area contributed by atoms with E-state index in [1.165, 1.54) is 12.8 Å². The van der Waals surface area contributed by atoms with Crippen LogP contribution in [0.3, 0.4) is 0 Å². The molecular formula is C15H18O. The van der Waals surface area contributed by atoms with E-state index in [1.807, 2.05) is 30.3 Å². The van der Waals surface area contributed by atoms with Crippen molar-refractivity contribution in [2.45, 2.75) is 44.1 Å². The molecule has 0 saturated heterocycles. The van der Waals surface area contributed by atoms with Crippen LogP contribution in [0, 0.1) is 11.8 Å². The van der Waals surface area contributed by atoms with Gasteiger partial charge in [-0.2, -0.15) is 0 Å². The molecule has 0 aromatic heterocycles. The van der Waals surface area contributed by atoms with Gasteiger partial charge in [0.2, 0.25) is 0 Å². The SMILES string of the molecule is OC1(C#Cc2ccccc2)CCCCCC1. The Morgan fingerprint density at radius 1 is 0.938 bits per heavy atom. The predicted octanol–water partition coefficient (Wildman–Crippen LogP) is 3.12. The van der Waals surface area contributed by atoms with Crippen LogP contribution in [-0.4, -0.2) is 10.7 Å². The molecule has 1 aromatic rings. The van der Waals surface area contributed by atoms with Crippen molar-refractivity contribution in [3.63, 3.8) is 0 Å². The Labute approximate surface area is 97.5 Å². The van der Waals surface area contributed by atoms with Crippen LogP contribution in [0.1, 0.15) is 44.1 Å². The summed E-state index contributed by atoms with van der Waals surface area (Å²) in [5.74, 6) is 6.14. The molecule has 0 unspecified atom stereocenters. The zero-order chi connectivity index (χ0) is 11.3. The molecule has 1 aromatic carbocycles. The summed E-state index contributed by atoms with van der Waals surface area (Å²) in [7, 11) is 0.